The molecule has 2 amide bonds. The number of alkyl halides is 3. The Hall–Kier alpha value is -1.12. The molecule has 0 saturated heterocycles. The number of thioether (sulfide) groups is 1. The zero-order valence-electron chi connectivity index (χ0n) is 10.0. The molecule has 1 aliphatic carbocycles. The second-order valence-electron chi connectivity index (χ2n) is 4.27. The van der Waals surface area contributed by atoms with Gasteiger partial charge < -0.3 is 15.7 Å². The number of hydrogen-bond donors (Lipinski definition) is 3. The Bertz CT molecular complexity index is 343. The molecule has 19 heavy (non-hydrogen) atoms. The zero-order chi connectivity index (χ0) is 14.5. The number of carboxylic acid groups (broad SMARTS) is 1. The Kier molecular flexibility index (Phi) is 5.33. The van der Waals surface area contributed by atoms with Crippen molar-refractivity contribution < 1.29 is 27.9 Å². The Morgan fingerprint density at radius 3 is 2.32 bits per heavy atom. The summed E-state index contributed by atoms with van der Waals surface area (Å²) in [6.45, 7) is -0.175. The van der Waals surface area contributed by atoms with Crippen LogP contribution < -0.4 is 10.6 Å². The van der Waals surface area contributed by atoms with E-state index in [0.29, 0.717) is 25.7 Å². The minimum Gasteiger partial charge on any atom is -0.480 e. The fourth-order valence-corrected chi connectivity index (χ4v) is 2.40. The highest BCUT2D eigenvalue weighted by Gasteiger charge is 2.42. The first-order chi connectivity index (χ1) is 8.75. The molecule has 0 aromatic carbocycles. The van der Waals surface area contributed by atoms with E-state index in [9.17, 15) is 22.8 Å². The Labute approximate surface area is 112 Å². The average Bonchev–Trinajstić information content (AvgIpc) is 2.73. The van der Waals surface area contributed by atoms with Gasteiger partial charge in [-0.2, -0.15) is 13.2 Å². The lowest BCUT2D eigenvalue weighted by atomic mass is 9.98. The lowest BCUT2D eigenvalue weighted by molar-refractivity contribution is -0.144. The predicted octanol–water partition coefficient (Wildman–Crippen LogP) is 1.94. The minimum absolute atomic E-state index is 0.175. The van der Waals surface area contributed by atoms with Crippen LogP contribution in [0, 0.1) is 0 Å². The normalized spacial score (nSPS) is 18.1. The quantitative estimate of drug-likeness (QED) is 0.678. The summed E-state index contributed by atoms with van der Waals surface area (Å²) >= 11 is -0.235. The van der Waals surface area contributed by atoms with Gasteiger partial charge in [-0.05, 0) is 24.6 Å². The van der Waals surface area contributed by atoms with Gasteiger partial charge in [-0.1, -0.05) is 12.8 Å². The predicted molar refractivity (Wildman–Crippen MR) is 63.9 cm³/mol. The lowest BCUT2D eigenvalue weighted by Crippen LogP contribution is -2.55. The number of amides is 2. The molecule has 9 heteroatoms. The minimum atomic E-state index is -4.33. The summed E-state index contributed by atoms with van der Waals surface area (Å²) in [7, 11) is 0. The van der Waals surface area contributed by atoms with Crippen LogP contribution in [0.15, 0.2) is 0 Å². The summed E-state index contributed by atoms with van der Waals surface area (Å²) in [6, 6.07) is -0.743. The summed E-state index contributed by atoms with van der Waals surface area (Å²) in [5.41, 5.74) is -5.60. The third-order valence-corrected chi connectivity index (χ3v) is 3.61. The van der Waals surface area contributed by atoms with E-state index in [1.165, 1.54) is 0 Å². The average molecular weight is 300 g/mol. The molecule has 3 N–H and O–H groups in total. The van der Waals surface area contributed by atoms with Gasteiger partial charge in [0.05, 0.1) is 0 Å². The molecular formula is C10H15F3N2O3S. The number of halogens is 3. The molecule has 1 fully saturated rings. The van der Waals surface area contributed by atoms with E-state index in [0.717, 1.165) is 0 Å². The molecule has 1 aliphatic rings. The van der Waals surface area contributed by atoms with Crippen molar-refractivity contribution in [3.8, 4) is 0 Å². The summed E-state index contributed by atoms with van der Waals surface area (Å²) < 4.78 is 35.5. The first-order valence-corrected chi connectivity index (χ1v) is 6.74. The van der Waals surface area contributed by atoms with Gasteiger partial charge in [0.1, 0.15) is 5.54 Å². The van der Waals surface area contributed by atoms with E-state index < -0.39 is 23.0 Å². The molecule has 0 bridgehead atoms. The van der Waals surface area contributed by atoms with E-state index in [1.54, 1.807) is 0 Å². The highest BCUT2D eigenvalue weighted by molar-refractivity contribution is 8.00. The van der Waals surface area contributed by atoms with E-state index in [4.69, 9.17) is 5.11 Å². The van der Waals surface area contributed by atoms with Crippen LogP contribution in [0.5, 0.6) is 0 Å². The van der Waals surface area contributed by atoms with Crippen LogP contribution in [0.1, 0.15) is 25.7 Å². The molecule has 5 nitrogen and oxygen atoms in total. The molecule has 0 radical (unpaired) electrons. The summed E-state index contributed by atoms with van der Waals surface area (Å²) in [4.78, 5) is 22.6. The van der Waals surface area contributed by atoms with Gasteiger partial charge in [-0.15, -0.1) is 0 Å². The Morgan fingerprint density at radius 1 is 1.26 bits per heavy atom. The topological polar surface area (TPSA) is 78.4 Å². The van der Waals surface area contributed by atoms with Crippen molar-refractivity contribution in [1.29, 1.82) is 0 Å². The molecule has 0 spiro atoms. The van der Waals surface area contributed by atoms with Crippen molar-refractivity contribution in [2.45, 2.75) is 36.7 Å². The fraction of sp³-hybridized carbons (Fsp3) is 0.800. The van der Waals surface area contributed by atoms with Crippen LogP contribution in [0.3, 0.4) is 0 Å². The molecule has 0 aromatic rings. The lowest BCUT2D eigenvalue weighted by Gasteiger charge is -2.25. The number of nitrogens with one attached hydrogen (secondary N) is 2. The largest absolute Gasteiger partial charge is 0.480 e. The smallest absolute Gasteiger partial charge is 0.441 e. The van der Waals surface area contributed by atoms with Crippen molar-refractivity contribution in [2.24, 2.45) is 0 Å². The first kappa shape index (κ1) is 15.9. The van der Waals surface area contributed by atoms with Crippen molar-refractivity contribution in [3.63, 3.8) is 0 Å². The Morgan fingerprint density at radius 2 is 1.84 bits per heavy atom. The van der Waals surface area contributed by atoms with Gasteiger partial charge in [-0.3, -0.25) is 0 Å². The van der Waals surface area contributed by atoms with Gasteiger partial charge in [-0.25, -0.2) is 9.59 Å². The van der Waals surface area contributed by atoms with Crippen molar-refractivity contribution in [2.75, 3.05) is 12.3 Å². The molecular weight excluding hydrogens is 285 g/mol. The molecule has 1 rings (SSSR count). The van der Waals surface area contributed by atoms with E-state index in [1.807, 2.05) is 0 Å². The number of carbonyl (C=O) groups is 2. The molecule has 0 unspecified atom stereocenters. The van der Waals surface area contributed by atoms with Gasteiger partial charge in [0.15, 0.2) is 0 Å². The molecule has 0 aliphatic heterocycles. The van der Waals surface area contributed by atoms with Crippen LogP contribution in [0.4, 0.5) is 18.0 Å². The second-order valence-corrected chi connectivity index (χ2v) is 5.43. The number of hydrogen-bond acceptors (Lipinski definition) is 3. The monoisotopic (exact) mass is 300 g/mol. The number of aliphatic carboxylic acids is 1. The third kappa shape index (κ3) is 5.17. The second kappa shape index (κ2) is 6.36. The molecule has 0 aromatic heterocycles. The maximum atomic E-state index is 11.8. The number of rotatable bonds is 5. The SMILES string of the molecule is O=C(NCCSC(F)(F)F)NC1(C(=O)O)CCCC1. The molecule has 110 valence electrons. The van der Waals surface area contributed by atoms with E-state index in [-0.39, 0.29) is 24.1 Å². The number of carbonyl (C=O) groups excluding carboxylic acids is 1. The standard InChI is InChI=1S/C10H15F3N2O3S/c11-10(12,13)19-6-5-14-8(18)15-9(7(16)17)3-1-2-4-9/h1-6H2,(H,16,17)(H2,14,15,18). The molecule has 0 heterocycles. The Balaban J connectivity index is 2.32. The third-order valence-electron chi connectivity index (χ3n) is 2.87. The van der Waals surface area contributed by atoms with E-state index in [2.05, 4.69) is 10.6 Å². The van der Waals surface area contributed by atoms with Gasteiger partial charge in [0.25, 0.3) is 0 Å². The highest BCUT2D eigenvalue weighted by atomic mass is 32.2. The number of carboxylic acids is 1. The van der Waals surface area contributed by atoms with Crippen LogP contribution in [0.2, 0.25) is 0 Å². The van der Waals surface area contributed by atoms with Gasteiger partial charge >= 0.3 is 17.5 Å². The van der Waals surface area contributed by atoms with Crippen LogP contribution in [0.25, 0.3) is 0 Å². The fourth-order valence-electron chi connectivity index (χ4n) is 1.96. The van der Waals surface area contributed by atoms with Crippen LogP contribution >= 0.6 is 11.8 Å². The maximum absolute atomic E-state index is 11.8. The summed E-state index contributed by atoms with van der Waals surface area (Å²) in [6.07, 6.45) is 2.09. The van der Waals surface area contributed by atoms with Crippen LogP contribution in [-0.2, 0) is 4.79 Å². The van der Waals surface area contributed by atoms with Crippen molar-refractivity contribution >= 4 is 23.8 Å². The summed E-state index contributed by atoms with van der Waals surface area (Å²) in [5.74, 6) is -1.42. The van der Waals surface area contributed by atoms with Crippen molar-refractivity contribution in [3.05, 3.63) is 0 Å². The zero-order valence-corrected chi connectivity index (χ0v) is 10.9. The highest BCUT2D eigenvalue weighted by Crippen LogP contribution is 2.30. The molecule has 0 atom stereocenters. The van der Waals surface area contributed by atoms with Crippen molar-refractivity contribution in [1.82, 2.24) is 10.6 Å². The van der Waals surface area contributed by atoms with Gasteiger partial charge in [0, 0.05) is 12.3 Å². The maximum Gasteiger partial charge on any atom is 0.441 e. The first-order valence-electron chi connectivity index (χ1n) is 5.75. The van der Waals surface area contributed by atoms with E-state index >= 15 is 0 Å². The summed E-state index contributed by atoms with van der Waals surface area (Å²) in [5, 5.41) is 13.7. The number of urea groups is 1. The molecule has 1 saturated carbocycles. The van der Waals surface area contributed by atoms with Crippen LogP contribution in [-0.4, -0.2) is 40.5 Å². The van der Waals surface area contributed by atoms with Gasteiger partial charge in [0.2, 0.25) is 0 Å².